The molecule has 5 rings (SSSR count). The summed E-state index contributed by atoms with van der Waals surface area (Å²) in [5.74, 6) is 1.27. The third-order valence-electron chi connectivity index (χ3n) is 6.67. The van der Waals surface area contributed by atoms with Crippen molar-refractivity contribution >= 4 is 23.2 Å². The van der Waals surface area contributed by atoms with Crippen molar-refractivity contribution in [1.29, 1.82) is 0 Å². The Labute approximate surface area is 180 Å². The second kappa shape index (κ2) is 8.56. The summed E-state index contributed by atoms with van der Waals surface area (Å²) in [5.41, 5.74) is -0.381. The molecule has 30 heavy (non-hydrogen) atoms. The lowest BCUT2D eigenvalue weighted by molar-refractivity contribution is -0.148. The zero-order valence-electron chi connectivity index (χ0n) is 17.2. The molecule has 3 aliphatic heterocycles. The van der Waals surface area contributed by atoms with Crippen LogP contribution in [-0.4, -0.2) is 83.1 Å². The molecule has 0 spiro atoms. The Morgan fingerprint density at radius 3 is 2.73 bits per heavy atom. The van der Waals surface area contributed by atoms with Gasteiger partial charge in [-0.2, -0.15) is 0 Å². The molecule has 0 radical (unpaired) electrons. The molecule has 3 saturated heterocycles. The topological polar surface area (TPSA) is 74.7 Å². The second-order valence-electron chi connectivity index (χ2n) is 8.45. The van der Waals surface area contributed by atoms with Gasteiger partial charge in [0.1, 0.15) is 5.01 Å². The van der Waals surface area contributed by atoms with E-state index in [0.717, 1.165) is 50.0 Å². The average Bonchev–Trinajstić information content (AvgIpc) is 3.40. The minimum atomic E-state index is -0.381. The van der Waals surface area contributed by atoms with E-state index in [1.807, 2.05) is 22.5 Å². The maximum Gasteiger partial charge on any atom is 0.231 e. The van der Waals surface area contributed by atoms with Crippen molar-refractivity contribution in [2.75, 3.05) is 57.4 Å². The fraction of sp³-hybridized carbons (Fsp3) is 0.619. The van der Waals surface area contributed by atoms with E-state index >= 15 is 0 Å². The van der Waals surface area contributed by atoms with Crippen LogP contribution in [0, 0.1) is 11.3 Å². The summed E-state index contributed by atoms with van der Waals surface area (Å²) in [4.78, 5) is 34.0. The number of amides is 1. The van der Waals surface area contributed by atoms with E-state index in [1.54, 1.807) is 23.7 Å². The van der Waals surface area contributed by atoms with Crippen molar-refractivity contribution in [3.8, 4) is 0 Å². The van der Waals surface area contributed by atoms with Gasteiger partial charge in [0.2, 0.25) is 11.9 Å². The number of likely N-dealkylation sites (tertiary alicyclic amines) is 1. The summed E-state index contributed by atoms with van der Waals surface area (Å²) in [7, 11) is 0. The highest BCUT2D eigenvalue weighted by atomic mass is 32.1. The molecule has 2 atom stereocenters. The molecule has 0 N–H and O–H groups in total. The Balaban J connectivity index is 1.42. The van der Waals surface area contributed by atoms with Crippen molar-refractivity contribution in [2.24, 2.45) is 11.3 Å². The summed E-state index contributed by atoms with van der Waals surface area (Å²) in [6, 6.07) is 1.84. The number of fused-ring (bicyclic) bond motifs is 1. The lowest BCUT2D eigenvalue weighted by atomic mass is 9.73. The van der Waals surface area contributed by atoms with Crippen LogP contribution in [0.5, 0.6) is 0 Å². The highest BCUT2D eigenvalue weighted by Crippen LogP contribution is 2.45. The first-order chi connectivity index (χ1) is 14.7. The van der Waals surface area contributed by atoms with Crippen LogP contribution in [-0.2, 0) is 16.1 Å². The molecule has 0 saturated carbocycles. The third kappa shape index (κ3) is 3.81. The number of morpholine rings is 1. The molecule has 1 amide bonds. The van der Waals surface area contributed by atoms with Crippen LogP contribution in [0.25, 0.3) is 0 Å². The van der Waals surface area contributed by atoms with Gasteiger partial charge in [-0.05, 0) is 25.5 Å². The molecule has 0 aromatic carbocycles. The van der Waals surface area contributed by atoms with Crippen LogP contribution in [0.1, 0.15) is 17.8 Å². The van der Waals surface area contributed by atoms with Crippen molar-refractivity contribution in [3.63, 3.8) is 0 Å². The smallest absolute Gasteiger partial charge is 0.231 e. The molecule has 160 valence electrons. The van der Waals surface area contributed by atoms with E-state index in [4.69, 9.17) is 4.74 Å². The molecular weight excluding hydrogens is 400 g/mol. The summed E-state index contributed by atoms with van der Waals surface area (Å²) >= 11 is 1.70. The van der Waals surface area contributed by atoms with Crippen LogP contribution in [0.15, 0.2) is 30.0 Å². The van der Waals surface area contributed by atoms with Crippen molar-refractivity contribution in [1.82, 2.24) is 24.8 Å². The molecule has 2 aromatic heterocycles. The van der Waals surface area contributed by atoms with Gasteiger partial charge in [-0.15, -0.1) is 11.3 Å². The van der Waals surface area contributed by atoms with Crippen LogP contribution in [0.2, 0.25) is 0 Å². The minimum Gasteiger partial charge on any atom is -0.378 e. The molecule has 5 heterocycles. The SMILES string of the molecule is O=C(N1CCOCC1)[C@]12CCCN(Cc3nccs3)C[C@H]1CN(c1ncccn1)C2. The maximum absolute atomic E-state index is 13.9. The van der Waals surface area contributed by atoms with Gasteiger partial charge in [0.15, 0.2) is 0 Å². The molecule has 0 aliphatic carbocycles. The Kier molecular flexibility index (Phi) is 5.66. The first kappa shape index (κ1) is 19.8. The van der Waals surface area contributed by atoms with E-state index in [9.17, 15) is 4.79 Å². The number of carbonyl (C=O) groups excluding carboxylic acids is 1. The Morgan fingerprint density at radius 1 is 1.13 bits per heavy atom. The number of nitrogens with zero attached hydrogens (tertiary/aromatic N) is 6. The molecule has 3 aliphatic rings. The van der Waals surface area contributed by atoms with Gasteiger partial charge < -0.3 is 14.5 Å². The normalized spacial score (nSPS) is 27.7. The molecule has 2 aromatic rings. The largest absolute Gasteiger partial charge is 0.378 e. The molecule has 0 bridgehead atoms. The molecule has 3 fully saturated rings. The molecule has 8 nitrogen and oxygen atoms in total. The van der Waals surface area contributed by atoms with Crippen LogP contribution < -0.4 is 4.90 Å². The predicted octanol–water partition coefficient (Wildman–Crippen LogP) is 1.51. The number of hydrogen-bond acceptors (Lipinski definition) is 8. The zero-order valence-corrected chi connectivity index (χ0v) is 18.0. The fourth-order valence-corrected chi connectivity index (χ4v) is 5.87. The number of anilines is 1. The van der Waals surface area contributed by atoms with Gasteiger partial charge in [0.05, 0.1) is 25.2 Å². The summed E-state index contributed by atoms with van der Waals surface area (Å²) in [5, 5.41) is 3.17. The lowest BCUT2D eigenvalue weighted by Gasteiger charge is -2.38. The maximum atomic E-state index is 13.9. The van der Waals surface area contributed by atoms with Gasteiger partial charge in [0.25, 0.3) is 0 Å². The minimum absolute atomic E-state index is 0.249. The first-order valence-electron chi connectivity index (χ1n) is 10.7. The van der Waals surface area contributed by atoms with E-state index in [0.29, 0.717) is 38.8 Å². The van der Waals surface area contributed by atoms with Gasteiger partial charge in [-0.1, -0.05) is 0 Å². The third-order valence-corrected chi connectivity index (χ3v) is 7.44. The number of carbonyl (C=O) groups is 1. The predicted molar refractivity (Wildman–Crippen MR) is 114 cm³/mol. The zero-order chi connectivity index (χ0) is 20.4. The van der Waals surface area contributed by atoms with Crippen LogP contribution in [0.3, 0.4) is 0 Å². The monoisotopic (exact) mass is 428 g/mol. The van der Waals surface area contributed by atoms with Crippen LogP contribution in [0.4, 0.5) is 5.95 Å². The Hall–Kier alpha value is -2.10. The second-order valence-corrected chi connectivity index (χ2v) is 9.43. The van der Waals surface area contributed by atoms with Crippen molar-refractivity contribution < 1.29 is 9.53 Å². The molecular formula is C21H28N6O2S. The highest BCUT2D eigenvalue weighted by molar-refractivity contribution is 7.09. The van der Waals surface area contributed by atoms with E-state index < -0.39 is 0 Å². The average molecular weight is 429 g/mol. The lowest BCUT2D eigenvalue weighted by Crippen LogP contribution is -2.52. The van der Waals surface area contributed by atoms with E-state index in [2.05, 4.69) is 24.8 Å². The Morgan fingerprint density at radius 2 is 1.97 bits per heavy atom. The van der Waals surface area contributed by atoms with Gasteiger partial charge in [-0.3, -0.25) is 9.69 Å². The Bertz CT molecular complexity index is 844. The fourth-order valence-electron chi connectivity index (χ4n) is 5.22. The quantitative estimate of drug-likeness (QED) is 0.731. The van der Waals surface area contributed by atoms with Crippen molar-refractivity contribution in [2.45, 2.75) is 19.4 Å². The van der Waals surface area contributed by atoms with Gasteiger partial charge >= 0.3 is 0 Å². The number of hydrogen-bond donors (Lipinski definition) is 0. The van der Waals surface area contributed by atoms with E-state index in [-0.39, 0.29) is 11.3 Å². The van der Waals surface area contributed by atoms with Crippen molar-refractivity contribution in [3.05, 3.63) is 35.0 Å². The molecule has 0 unspecified atom stereocenters. The molecule has 9 heteroatoms. The standard InChI is InChI=1S/C21H28N6O2S/c28-19(26-8-10-29-11-9-26)21-3-1-7-25(15-18-22-6-12-30-18)13-17(21)14-27(16-21)20-23-4-2-5-24-20/h2,4-6,12,17H,1,3,7-11,13-16H2/t17-,21-/m0/s1. The van der Waals surface area contributed by atoms with Gasteiger partial charge in [0, 0.05) is 62.6 Å². The summed E-state index contributed by atoms with van der Waals surface area (Å²) < 4.78 is 5.50. The highest BCUT2D eigenvalue weighted by Gasteiger charge is 2.55. The van der Waals surface area contributed by atoms with E-state index in [1.165, 1.54) is 0 Å². The summed E-state index contributed by atoms with van der Waals surface area (Å²) in [6.07, 6.45) is 7.35. The van der Waals surface area contributed by atoms with Crippen LogP contribution >= 0.6 is 11.3 Å². The first-order valence-corrected chi connectivity index (χ1v) is 11.6. The summed E-state index contributed by atoms with van der Waals surface area (Å²) in [6.45, 7) is 6.93. The number of aromatic nitrogens is 3. The number of thiazole rings is 1. The van der Waals surface area contributed by atoms with Gasteiger partial charge in [-0.25, -0.2) is 15.0 Å². The number of rotatable bonds is 4. The number of ether oxygens (including phenoxy) is 1.